The Bertz CT molecular complexity index is 113. The maximum atomic E-state index is 3.76. The maximum Gasteiger partial charge on any atom is 0.00696 e. The number of nitrogens with one attached hydrogen (secondary N) is 1. The van der Waals surface area contributed by atoms with E-state index in [1.165, 1.54) is 51.4 Å². The van der Waals surface area contributed by atoms with Crippen LogP contribution in [0.2, 0.25) is 0 Å². The van der Waals surface area contributed by atoms with E-state index in [4.69, 9.17) is 0 Å². The van der Waals surface area contributed by atoms with E-state index in [9.17, 15) is 0 Å². The van der Waals surface area contributed by atoms with E-state index in [-0.39, 0.29) is 0 Å². The summed E-state index contributed by atoms with van der Waals surface area (Å²) < 4.78 is 0. The lowest BCUT2D eigenvalue weighted by atomic mass is 9.94. The first-order valence-electron chi connectivity index (χ1n) is 7.04. The van der Waals surface area contributed by atoms with Crippen molar-refractivity contribution in [2.75, 3.05) is 0 Å². The highest BCUT2D eigenvalue weighted by Gasteiger charge is 2.15. The summed E-state index contributed by atoms with van der Waals surface area (Å²) in [4.78, 5) is 0. The molecule has 0 heterocycles. The van der Waals surface area contributed by atoms with Gasteiger partial charge in [0.25, 0.3) is 0 Å². The molecule has 1 rings (SSSR count). The van der Waals surface area contributed by atoms with E-state index in [0.29, 0.717) is 0 Å². The Morgan fingerprint density at radius 2 is 1.40 bits per heavy atom. The largest absolute Gasteiger partial charge is 0.311 e. The molecule has 1 aliphatic rings. The third kappa shape index (κ3) is 7.84. The minimum absolute atomic E-state index is 0.771. The standard InChI is InChI=1S/C11H23N.C3H8/c1-3-10(4-2)12-11-8-6-5-7-9-11;1-3-2/h10-12H,3-9H2,1-2H3;3H2,1-2H3. The molecule has 0 bridgehead atoms. The molecule has 15 heavy (non-hydrogen) atoms. The van der Waals surface area contributed by atoms with Gasteiger partial charge in [-0.3, -0.25) is 0 Å². The van der Waals surface area contributed by atoms with Crippen LogP contribution in [0.15, 0.2) is 0 Å². The molecular formula is C14H31N. The zero-order valence-corrected chi connectivity index (χ0v) is 11.3. The molecule has 0 spiro atoms. The van der Waals surface area contributed by atoms with E-state index >= 15 is 0 Å². The molecule has 0 aromatic heterocycles. The van der Waals surface area contributed by atoms with Crippen molar-refractivity contribution in [2.45, 2.75) is 91.1 Å². The summed E-state index contributed by atoms with van der Waals surface area (Å²) >= 11 is 0. The Morgan fingerprint density at radius 3 is 1.80 bits per heavy atom. The highest BCUT2D eigenvalue weighted by atomic mass is 14.9. The van der Waals surface area contributed by atoms with Crippen molar-refractivity contribution in [3.63, 3.8) is 0 Å². The first-order valence-corrected chi connectivity index (χ1v) is 7.04. The molecule has 1 heteroatoms. The highest BCUT2D eigenvalue weighted by Crippen LogP contribution is 2.18. The fourth-order valence-corrected chi connectivity index (χ4v) is 2.13. The van der Waals surface area contributed by atoms with Crippen LogP contribution >= 0.6 is 0 Å². The summed E-state index contributed by atoms with van der Waals surface area (Å²) in [5.41, 5.74) is 0. The van der Waals surface area contributed by atoms with Gasteiger partial charge in [0.05, 0.1) is 0 Å². The zero-order valence-electron chi connectivity index (χ0n) is 11.3. The van der Waals surface area contributed by atoms with Crippen molar-refractivity contribution in [1.29, 1.82) is 0 Å². The molecule has 0 amide bonds. The summed E-state index contributed by atoms with van der Waals surface area (Å²) in [6.45, 7) is 8.81. The van der Waals surface area contributed by atoms with Gasteiger partial charge in [0.15, 0.2) is 0 Å². The summed E-state index contributed by atoms with van der Waals surface area (Å²) in [5, 5.41) is 3.76. The van der Waals surface area contributed by atoms with Gasteiger partial charge in [-0.1, -0.05) is 53.4 Å². The number of hydrogen-bond acceptors (Lipinski definition) is 1. The van der Waals surface area contributed by atoms with Crippen LogP contribution in [0.1, 0.15) is 79.1 Å². The minimum Gasteiger partial charge on any atom is -0.311 e. The van der Waals surface area contributed by atoms with Crippen molar-refractivity contribution >= 4 is 0 Å². The van der Waals surface area contributed by atoms with Crippen LogP contribution in [0, 0.1) is 0 Å². The molecule has 1 fully saturated rings. The predicted molar refractivity (Wildman–Crippen MR) is 70.3 cm³/mol. The lowest BCUT2D eigenvalue weighted by Crippen LogP contribution is -2.38. The third-order valence-electron chi connectivity index (χ3n) is 3.06. The van der Waals surface area contributed by atoms with Crippen LogP contribution in [-0.4, -0.2) is 12.1 Å². The molecule has 1 nitrogen and oxygen atoms in total. The van der Waals surface area contributed by atoms with Crippen molar-refractivity contribution in [3.05, 3.63) is 0 Å². The Morgan fingerprint density at radius 1 is 0.933 bits per heavy atom. The van der Waals surface area contributed by atoms with Crippen molar-refractivity contribution in [2.24, 2.45) is 0 Å². The Labute approximate surface area is 97.0 Å². The third-order valence-corrected chi connectivity index (χ3v) is 3.06. The molecule has 0 aromatic rings. The summed E-state index contributed by atoms with van der Waals surface area (Å²) in [5.74, 6) is 0. The second-order valence-corrected chi connectivity index (χ2v) is 4.72. The molecule has 92 valence electrons. The number of hydrogen-bond donors (Lipinski definition) is 1. The van der Waals surface area contributed by atoms with Gasteiger partial charge in [0.1, 0.15) is 0 Å². The topological polar surface area (TPSA) is 12.0 Å². The molecule has 0 aromatic carbocycles. The highest BCUT2D eigenvalue weighted by molar-refractivity contribution is 4.75. The van der Waals surface area contributed by atoms with Gasteiger partial charge in [0, 0.05) is 12.1 Å². The average Bonchev–Trinajstić information content (AvgIpc) is 2.28. The van der Waals surface area contributed by atoms with Gasteiger partial charge in [-0.25, -0.2) is 0 Å². The first kappa shape index (κ1) is 15.0. The van der Waals surface area contributed by atoms with Crippen molar-refractivity contribution in [3.8, 4) is 0 Å². The zero-order chi connectivity index (χ0) is 11.5. The van der Waals surface area contributed by atoms with Crippen molar-refractivity contribution in [1.82, 2.24) is 5.32 Å². The van der Waals surface area contributed by atoms with Crippen LogP contribution in [0.25, 0.3) is 0 Å². The van der Waals surface area contributed by atoms with Gasteiger partial charge in [-0.05, 0) is 25.7 Å². The van der Waals surface area contributed by atoms with E-state index in [2.05, 4.69) is 33.0 Å². The van der Waals surface area contributed by atoms with E-state index in [1.807, 2.05) is 0 Å². The van der Waals surface area contributed by atoms with E-state index < -0.39 is 0 Å². The Balaban J connectivity index is 0.000000583. The SMILES string of the molecule is CCC.CCC(CC)NC1CCCCC1. The van der Waals surface area contributed by atoms with Gasteiger partial charge >= 0.3 is 0 Å². The quantitative estimate of drug-likeness (QED) is 0.724. The van der Waals surface area contributed by atoms with Crippen LogP contribution in [0.5, 0.6) is 0 Å². The Kier molecular flexibility index (Phi) is 10.4. The second kappa shape index (κ2) is 10.5. The molecule has 0 radical (unpaired) electrons. The summed E-state index contributed by atoms with van der Waals surface area (Å²) in [6, 6.07) is 1.61. The molecule has 1 saturated carbocycles. The van der Waals surface area contributed by atoms with Gasteiger partial charge in [-0.2, -0.15) is 0 Å². The van der Waals surface area contributed by atoms with Gasteiger partial charge in [-0.15, -0.1) is 0 Å². The average molecular weight is 213 g/mol. The van der Waals surface area contributed by atoms with E-state index in [1.54, 1.807) is 0 Å². The smallest absolute Gasteiger partial charge is 0.00696 e. The van der Waals surface area contributed by atoms with Crippen LogP contribution < -0.4 is 5.32 Å². The fraction of sp³-hybridized carbons (Fsp3) is 1.00. The molecule has 0 aliphatic heterocycles. The summed E-state index contributed by atoms with van der Waals surface area (Å²) in [7, 11) is 0. The van der Waals surface area contributed by atoms with E-state index in [0.717, 1.165) is 12.1 Å². The molecule has 1 N–H and O–H groups in total. The van der Waals surface area contributed by atoms with Crippen LogP contribution in [0.4, 0.5) is 0 Å². The lowest BCUT2D eigenvalue weighted by Gasteiger charge is -2.27. The first-order chi connectivity index (χ1) is 7.28. The lowest BCUT2D eigenvalue weighted by molar-refractivity contribution is 0.327. The fourth-order valence-electron chi connectivity index (χ4n) is 2.13. The predicted octanol–water partition coefficient (Wildman–Crippen LogP) is 4.51. The molecule has 0 atom stereocenters. The number of rotatable bonds is 4. The molecular weight excluding hydrogens is 182 g/mol. The molecule has 1 aliphatic carbocycles. The minimum atomic E-state index is 0.771. The van der Waals surface area contributed by atoms with Gasteiger partial charge < -0.3 is 5.32 Å². The molecule has 0 unspecified atom stereocenters. The van der Waals surface area contributed by atoms with Crippen LogP contribution in [0.3, 0.4) is 0 Å². The Hall–Kier alpha value is -0.0400. The normalized spacial score (nSPS) is 17.4. The van der Waals surface area contributed by atoms with Crippen molar-refractivity contribution < 1.29 is 0 Å². The second-order valence-electron chi connectivity index (χ2n) is 4.72. The van der Waals surface area contributed by atoms with Crippen LogP contribution in [-0.2, 0) is 0 Å². The monoisotopic (exact) mass is 213 g/mol. The van der Waals surface area contributed by atoms with Gasteiger partial charge in [0.2, 0.25) is 0 Å². The summed E-state index contributed by atoms with van der Waals surface area (Å²) in [6.07, 6.45) is 11.0. The molecule has 0 saturated heterocycles. The maximum absolute atomic E-state index is 3.76.